The maximum Gasteiger partial charge on any atom is 0.317 e. The molecule has 1 fully saturated rings. The predicted octanol–water partition coefficient (Wildman–Crippen LogP) is 2.31. The molecule has 0 bridgehead atoms. The zero-order valence-electron chi connectivity index (χ0n) is 11.0. The van der Waals surface area contributed by atoms with E-state index in [1.165, 1.54) is 0 Å². The molecule has 4 nitrogen and oxygen atoms in total. The van der Waals surface area contributed by atoms with Crippen LogP contribution in [0.3, 0.4) is 0 Å². The summed E-state index contributed by atoms with van der Waals surface area (Å²) in [6, 6.07) is 6.03. The number of carbonyl (C=O) groups excluding carboxylic acids is 1. The molecule has 0 aliphatic carbocycles. The number of methoxy groups -OCH3 is 1. The van der Waals surface area contributed by atoms with Crippen LogP contribution >= 0.6 is 0 Å². The molecule has 1 heterocycles. The van der Waals surface area contributed by atoms with Gasteiger partial charge in [0.05, 0.1) is 7.11 Å². The van der Waals surface area contributed by atoms with Crippen LogP contribution in [0.15, 0.2) is 18.2 Å². The van der Waals surface area contributed by atoms with Gasteiger partial charge >= 0.3 is 6.03 Å². The fourth-order valence-electron chi connectivity index (χ4n) is 2.18. The Morgan fingerprint density at radius 1 is 1.39 bits per heavy atom. The van der Waals surface area contributed by atoms with Gasteiger partial charge in [0.25, 0.3) is 0 Å². The Labute approximate surface area is 108 Å². The van der Waals surface area contributed by atoms with E-state index in [1.54, 1.807) is 7.11 Å². The average molecular weight is 248 g/mol. The third-order valence-electron chi connectivity index (χ3n) is 3.31. The Morgan fingerprint density at radius 3 is 2.78 bits per heavy atom. The first-order valence-corrected chi connectivity index (χ1v) is 6.37. The minimum Gasteiger partial charge on any atom is -0.496 e. The number of urea groups is 1. The fourth-order valence-corrected chi connectivity index (χ4v) is 2.18. The van der Waals surface area contributed by atoms with E-state index < -0.39 is 0 Å². The summed E-state index contributed by atoms with van der Waals surface area (Å²) < 4.78 is 5.27. The van der Waals surface area contributed by atoms with Crippen molar-refractivity contribution in [3.63, 3.8) is 0 Å². The van der Waals surface area contributed by atoms with Crippen LogP contribution in [0.4, 0.5) is 4.79 Å². The van der Waals surface area contributed by atoms with Crippen LogP contribution in [0.2, 0.25) is 0 Å². The zero-order valence-corrected chi connectivity index (χ0v) is 11.0. The standard InChI is InChI=1S/C14H20N2O2/c1-11-5-6-12(9-13(11)18-2)10-15-14(17)16-7-3-4-8-16/h5-6,9H,3-4,7-8,10H2,1-2H3,(H,15,17). The molecule has 2 amide bonds. The number of rotatable bonds is 3. The van der Waals surface area contributed by atoms with Crippen LogP contribution < -0.4 is 10.1 Å². The van der Waals surface area contributed by atoms with Crippen LogP contribution in [0.1, 0.15) is 24.0 Å². The molecule has 98 valence electrons. The summed E-state index contributed by atoms with van der Waals surface area (Å²) in [5.41, 5.74) is 2.16. The normalized spacial score (nSPS) is 14.7. The van der Waals surface area contributed by atoms with E-state index in [1.807, 2.05) is 30.0 Å². The number of likely N-dealkylation sites (tertiary alicyclic amines) is 1. The number of hydrogen-bond acceptors (Lipinski definition) is 2. The summed E-state index contributed by atoms with van der Waals surface area (Å²) in [5, 5.41) is 2.94. The molecule has 0 unspecified atom stereocenters. The Hall–Kier alpha value is -1.71. The van der Waals surface area contributed by atoms with Crippen molar-refractivity contribution >= 4 is 6.03 Å². The van der Waals surface area contributed by atoms with Gasteiger partial charge in [-0.3, -0.25) is 0 Å². The molecule has 1 N–H and O–H groups in total. The monoisotopic (exact) mass is 248 g/mol. The molecule has 0 spiro atoms. The second-order valence-electron chi connectivity index (χ2n) is 4.66. The quantitative estimate of drug-likeness (QED) is 0.891. The number of carbonyl (C=O) groups is 1. The smallest absolute Gasteiger partial charge is 0.317 e. The summed E-state index contributed by atoms with van der Waals surface area (Å²) in [7, 11) is 1.66. The zero-order chi connectivity index (χ0) is 13.0. The van der Waals surface area contributed by atoms with E-state index in [-0.39, 0.29) is 6.03 Å². The minimum absolute atomic E-state index is 0.0343. The maximum atomic E-state index is 11.8. The van der Waals surface area contributed by atoms with Gasteiger partial charge in [0.2, 0.25) is 0 Å². The molecule has 0 saturated carbocycles. The van der Waals surface area contributed by atoms with E-state index in [0.29, 0.717) is 6.54 Å². The van der Waals surface area contributed by atoms with Crippen LogP contribution in [0, 0.1) is 6.92 Å². The lowest BCUT2D eigenvalue weighted by atomic mass is 10.1. The molecular formula is C14H20N2O2. The van der Waals surface area contributed by atoms with Crippen molar-refractivity contribution in [2.75, 3.05) is 20.2 Å². The highest BCUT2D eigenvalue weighted by Crippen LogP contribution is 2.18. The Bertz CT molecular complexity index is 426. The van der Waals surface area contributed by atoms with Gasteiger partial charge in [-0.2, -0.15) is 0 Å². The van der Waals surface area contributed by atoms with Gasteiger partial charge in [-0.25, -0.2) is 4.79 Å². The number of hydrogen-bond donors (Lipinski definition) is 1. The highest BCUT2D eigenvalue weighted by molar-refractivity contribution is 5.74. The van der Waals surface area contributed by atoms with Gasteiger partial charge in [0.1, 0.15) is 5.75 Å². The topological polar surface area (TPSA) is 41.6 Å². The lowest BCUT2D eigenvalue weighted by Gasteiger charge is -2.16. The van der Waals surface area contributed by atoms with E-state index in [0.717, 1.165) is 42.8 Å². The molecular weight excluding hydrogens is 228 g/mol. The van der Waals surface area contributed by atoms with E-state index >= 15 is 0 Å². The highest BCUT2D eigenvalue weighted by atomic mass is 16.5. The predicted molar refractivity (Wildman–Crippen MR) is 70.8 cm³/mol. The van der Waals surface area contributed by atoms with Gasteiger partial charge in [-0.1, -0.05) is 12.1 Å². The molecule has 1 aromatic rings. The number of benzene rings is 1. The van der Waals surface area contributed by atoms with Gasteiger partial charge < -0.3 is 15.0 Å². The Morgan fingerprint density at radius 2 is 2.11 bits per heavy atom. The molecule has 1 saturated heterocycles. The van der Waals surface area contributed by atoms with Crippen LogP contribution in [0.25, 0.3) is 0 Å². The van der Waals surface area contributed by atoms with Crippen molar-refractivity contribution in [2.45, 2.75) is 26.3 Å². The van der Waals surface area contributed by atoms with Crippen molar-refractivity contribution in [3.8, 4) is 5.75 Å². The SMILES string of the molecule is COc1cc(CNC(=O)N2CCCC2)ccc1C. The van der Waals surface area contributed by atoms with Crippen LogP contribution in [-0.4, -0.2) is 31.1 Å². The average Bonchev–Trinajstić information content (AvgIpc) is 2.91. The molecule has 0 radical (unpaired) electrons. The first kappa shape index (κ1) is 12.7. The molecule has 0 aromatic heterocycles. The molecule has 0 atom stereocenters. The minimum atomic E-state index is 0.0343. The number of amides is 2. The molecule has 2 rings (SSSR count). The molecule has 18 heavy (non-hydrogen) atoms. The van der Waals surface area contributed by atoms with Crippen LogP contribution in [0.5, 0.6) is 5.75 Å². The summed E-state index contributed by atoms with van der Waals surface area (Å²) in [4.78, 5) is 13.7. The Kier molecular flexibility index (Phi) is 4.07. The van der Waals surface area contributed by atoms with Gasteiger partial charge in [0, 0.05) is 19.6 Å². The summed E-state index contributed by atoms with van der Waals surface area (Å²) >= 11 is 0. The van der Waals surface area contributed by atoms with Gasteiger partial charge in [-0.05, 0) is 37.0 Å². The second kappa shape index (κ2) is 5.76. The van der Waals surface area contributed by atoms with Crippen molar-refractivity contribution in [2.24, 2.45) is 0 Å². The summed E-state index contributed by atoms with van der Waals surface area (Å²) in [5.74, 6) is 0.864. The van der Waals surface area contributed by atoms with Crippen molar-refractivity contribution in [3.05, 3.63) is 29.3 Å². The van der Waals surface area contributed by atoms with E-state index in [9.17, 15) is 4.79 Å². The largest absolute Gasteiger partial charge is 0.496 e. The van der Waals surface area contributed by atoms with Gasteiger partial charge in [-0.15, -0.1) is 0 Å². The maximum absolute atomic E-state index is 11.8. The third-order valence-corrected chi connectivity index (χ3v) is 3.31. The second-order valence-corrected chi connectivity index (χ2v) is 4.66. The van der Waals surface area contributed by atoms with Crippen molar-refractivity contribution in [1.29, 1.82) is 0 Å². The van der Waals surface area contributed by atoms with Crippen molar-refractivity contribution in [1.82, 2.24) is 10.2 Å². The van der Waals surface area contributed by atoms with E-state index in [2.05, 4.69) is 5.32 Å². The molecule has 1 aromatic carbocycles. The Balaban J connectivity index is 1.91. The van der Waals surface area contributed by atoms with Gasteiger partial charge in [0.15, 0.2) is 0 Å². The number of nitrogens with one attached hydrogen (secondary N) is 1. The lowest BCUT2D eigenvalue weighted by molar-refractivity contribution is 0.208. The lowest BCUT2D eigenvalue weighted by Crippen LogP contribution is -2.37. The van der Waals surface area contributed by atoms with Crippen molar-refractivity contribution < 1.29 is 9.53 Å². The molecule has 4 heteroatoms. The van der Waals surface area contributed by atoms with Crippen LogP contribution in [-0.2, 0) is 6.54 Å². The molecule has 1 aliphatic rings. The summed E-state index contributed by atoms with van der Waals surface area (Å²) in [6.07, 6.45) is 2.23. The first-order valence-electron chi connectivity index (χ1n) is 6.37. The third kappa shape index (κ3) is 2.94. The number of ether oxygens (including phenoxy) is 1. The first-order chi connectivity index (χ1) is 8.70. The summed E-state index contributed by atoms with van der Waals surface area (Å²) in [6.45, 7) is 4.31. The number of aryl methyl sites for hydroxylation is 1. The van der Waals surface area contributed by atoms with E-state index in [4.69, 9.17) is 4.74 Å². The molecule has 1 aliphatic heterocycles. The fraction of sp³-hybridized carbons (Fsp3) is 0.500. The highest BCUT2D eigenvalue weighted by Gasteiger charge is 2.17. The number of nitrogens with zero attached hydrogens (tertiary/aromatic N) is 1.